The van der Waals surface area contributed by atoms with Crippen molar-refractivity contribution < 1.29 is 24.5 Å². The number of ether oxygens (including phenoxy) is 2. The number of fused-ring (bicyclic) bond motifs is 1. The van der Waals surface area contributed by atoms with Gasteiger partial charge in [0, 0.05) is 24.8 Å². The number of benzene rings is 4. The molecule has 4 aromatic rings. The van der Waals surface area contributed by atoms with Crippen molar-refractivity contribution in [2.75, 3.05) is 7.11 Å². The molecule has 5 rings (SSSR count). The number of methoxy groups -OCH3 is 1. The standard InChI is InChI=1S/C34H35NO5/c1-39-32-22-29(40-28-13-6-3-7-14-28)17-16-25(32)19-27(36)20-26(18-23-10-4-2-5-11-23)34(38)35-33-30-15-9-8-12-24(30)21-31(33)37/h2-17,22,26-27,31,33,36-37H,18-21H2,1H3,(H,35,38)/t26-,27+,31?,33-/m0/s1. The highest BCUT2D eigenvalue weighted by molar-refractivity contribution is 5.80. The Morgan fingerprint density at radius 1 is 0.900 bits per heavy atom. The summed E-state index contributed by atoms with van der Waals surface area (Å²) in [6.07, 6.45) is 0.116. The lowest BCUT2D eigenvalue weighted by Gasteiger charge is -2.25. The number of hydrogen-bond acceptors (Lipinski definition) is 5. The Morgan fingerprint density at radius 2 is 1.60 bits per heavy atom. The fraction of sp³-hybridized carbons (Fsp3) is 0.265. The molecule has 0 spiro atoms. The van der Waals surface area contributed by atoms with Crippen LogP contribution in [0.4, 0.5) is 0 Å². The van der Waals surface area contributed by atoms with Crippen molar-refractivity contribution in [3.8, 4) is 17.2 Å². The second kappa shape index (κ2) is 12.8. The number of carbonyl (C=O) groups excluding carboxylic acids is 1. The number of rotatable bonds is 11. The smallest absolute Gasteiger partial charge is 0.224 e. The van der Waals surface area contributed by atoms with E-state index in [-0.39, 0.29) is 12.3 Å². The van der Waals surface area contributed by atoms with E-state index >= 15 is 0 Å². The number of nitrogens with one attached hydrogen (secondary N) is 1. The average molecular weight is 538 g/mol. The van der Waals surface area contributed by atoms with Crippen molar-refractivity contribution in [3.63, 3.8) is 0 Å². The van der Waals surface area contributed by atoms with Crippen LogP contribution in [0.5, 0.6) is 17.2 Å². The third-order valence-corrected chi connectivity index (χ3v) is 7.45. The molecule has 3 N–H and O–H groups in total. The minimum Gasteiger partial charge on any atom is -0.496 e. The van der Waals surface area contributed by atoms with Gasteiger partial charge >= 0.3 is 0 Å². The Morgan fingerprint density at radius 3 is 2.35 bits per heavy atom. The molecular formula is C34H35NO5. The fourth-order valence-electron chi connectivity index (χ4n) is 5.45. The van der Waals surface area contributed by atoms with Gasteiger partial charge in [-0.25, -0.2) is 0 Å². The van der Waals surface area contributed by atoms with Crippen molar-refractivity contribution in [1.29, 1.82) is 0 Å². The van der Waals surface area contributed by atoms with E-state index < -0.39 is 24.2 Å². The molecule has 40 heavy (non-hydrogen) atoms. The van der Waals surface area contributed by atoms with Gasteiger partial charge in [0.15, 0.2) is 0 Å². The number of aliphatic hydroxyl groups excluding tert-OH is 2. The highest BCUT2D eigenvalue weighted by Gasteiger charge is 2.34. The molecule has 0 bridgehead atoms. The zero-order valence-electron chi connectivity index (χ0n) is 22.6. The van der Waals surface area contributed by atoms with Gasteiger partial charge in [-0.15, -0.1) is 0 Å². The predicted octanol–water partition coefficient (Wildman–Crippen LogP) is 5.41. The van der Waals surface area contributed by atoms with E-state index in [0.29, 0.717) is 30.8 Å². The van der Waals surface area contributed by atoms with E-state index in [1.807, 2.05) is 103 Å². The maximum atomic E-state index is 13.6. The quantitative estimate of drug-likeness (QED) is 0.238. The second-order valence-electron chi connectivity index (χ2n) is 10.3. The Bertz CT molecular complexity index is 1410. The molecule has 6 heteroatoms. The van der Waals surface area contributed by atoms with Crippen LogP contribution < -0.4 is 14.8 Å². The molecule has 0 radical (unpaired) electrons. The topological polar surface area (TPSA) is 88.0 Å². The summed E-state index contributed by atoms with van der Waals surface area (Å²) in [5.41, 5.74) is 3.84. The molecular weight excluding hydrogens is 502 g/mol. The van der Waals surface area contributed by atoms with Crippen LogP contribution in [0.1, 0.15) is 34.7 Å². The highest BCUT2D eigenvalue weighted by Crippen LogP contribution is 2.33. The van der Waals surface area contributed by atoms with Crippen molar-refractivity contribution >= 4 is 5.91 Å². The highest BCUT2D eigenvalue weighted by atomic mass is 16.5. The first-order valence-corrected chi connectivity index (χ1v) is 13.7. The van der Waals surface area contributed by atoms with Crippen molar-refractivity contribution in [2.24, 2.45) is 5.92 Å². The van der Waals surface area contributed by atoms with Crippen LogP contribution in [0, 0.1) is 5.92 Å². The first-order valence-electron chi connectivity index (χ1n) is 13.7. The molecule has 1 aliphatic rings. The molecule has 0 saturated heterocycles. The number of amides is 1. The van der Waals surface area contributed by atoms with Crippen molar-refractivity contribution in [3.05, 3.63) is 125 Å². The monoisotopic (exact) mass is 537 g/mol. The van der Waals surface area contributed by atoms with Crippen LogP contribution >= 0.6 is 0 Å². The summed E-state index contributed by atoms with van der Waals surface area (Å²) in [7, 11) is 1.59. The molecule has 0 fully saturated rings. The summed E-state index contributed by atoms with van der Waals surface area (Å²) in [5.74, 6) is 1.31. The average Bonchev–Trinajstić information content (AvgIpc) is 3.29. The first-order chi connectivity index (χ1) is 19.5. The molecule has 206 valence electrons. The first kappa shape index (κ1) is 27.4. The van der Waals surface area contributed by atoms with Gasteiger partial charge in [-0.05, 0) is 53.3 Å². The van der Waals surface area contributed by atoms with E-state index in [4.69, 9.17) is 9.47 Å². The minimum atomic E-state index is -0.782. The van der Waals surface area contributed by atoms with Gasteiger partial charge in [-0.1, -0.05) is 78.9 Å². The zero-order chi connectivity index (χ0) is 27.9. The predicted molar refractivity (Wildman–Crippen MR) is 155 cm³/mol. The van der Waals surface area contributed by atoms with Crippen LogP contribution in [0.3, 0.4) is 0 Å². The summed E-state index contributed by atoms with van der Waals surface area (Å²) in [5, 5.41) is 25.0. The molecule has 4 atom stereocenters. The van der Waals surface area contributed by atoms with Crippen molar-refractivity contribution in [1.82, 2.24) is 5.32 Å². The number of para-hydroxylation sites is 1. The molecule has 0 saturated carbocycles. The molecule has 4 aromatic carbocycles. The van der Waals surface area contributed by atoms with Gasteiger partial charge in [0.2, 0.25) is 5.91 Å². The van der Waals surface area contributed by atoms with Gasteiger partial charge in [0.1, 0.15) is 17.2 Å². The fourth-order valence-corrected chi connectivity index (χ4v) is 5.45. The van der Waals surface area contributed by atoms with Gasteiger partial charge in [0.05, 0.1) is 25.4 Å². The lowest BCUT2D eigenvalue weighted by atomic mass is 9.90. The summed E-state index contributed by atoms with van der Waals surface area (Å²) < 4.78 is 11.5. The summed E-state index contributed by atoms with van der Waals surface area (Å²) >= 11 is 0. The molecule has 0 aromatic heterocycles. The summed E-state index contributed by atoms with van der Waals surface area (Å²) in [6, 6.07) is 32.2. The van der Waals surface area contributed by atoms with Crippen LogP contribution in [0.2, 0.25) is 0 Å². The number of aliphatic hydroxyl groups is 2. The molecule has 6 nitrogen and oxygen atoms in total. The van der Waals surface area contributed by atoms with Crippen molar-refractivity contribution in [2.45, 2.75) is 43.9 Å². The van der Waals surface area contributed by atoms with E-state index in [2.05, 4.69) is 5.32 Å². The third-order valence-electron chi connectivity index (χ3n) is 7.45. The molecule has 1 amide bonds. The van der Waals surface area contributed by atoms with Crippen LogP contribution in [-0.2, 0) is 24.1 Å². The minimum absolute atomic E-state index is 0.178. The maximum absolute atomic E-state index is 13.6. The van der Waals surface area contributed by atoms with Gasteiger partial charge in [0.25, 0.3) is 0 Å². The molecule has 1 unspecified atom stereocenters. The van der Waals surface area contributed by atoms with Crippen LogP contribution in [0.15, 0.2) is 103 Å². The number of carbonyl (C=O) groups is 1. The SMILES string of the molecule is COc1cc(Oc2ccccc2)ccc1C[C@@H](O)C[C@H](Cc1ccccc1)C(=O)N[C@H]1c2ccccc2CC1O. The lowest BCUT2D eigenvalue weighted by Crippen LogP contribution is -2.39. The van der Waals surface area contributed by atoms with Crippen LogP contribution in [0.25, 0.3) is 0 Å². The Labute approximate surface area is 235 Å². The Balaban J connectivity index is 1.29. The third kappa shape index (κ3) is 6.71. The Kier molecular flexibility index (Phi) is 8.79. The van der Waals surface area contributed by atoms with E-state index in [1.165, 1.54) is 0 Å². The Hall–Kier alpha value is -4.13. The summed E-state index contributed by atoms with van der Waals surface area (Å²) in [4.78, 5) is 13.6. The lowest BCUT2D eigenvalue weighted by molar-refractivity contribution is -0.127. The largest absolute Gasteiger partial charge is 0.496 e. The summed E-state index contributed by atoms with van der Waals surface area (Å²) in [6.45, 7) is 0. The second-order valence-corrected chi connectivity index (χ2v) is 10.3. The maximum Gasteiger partial charge on any atom is 0.224 e. The van der Waals surface area contributed by atoms with E-state index in [0.717, 1.165) is 28.0 Å². The molecule has 1 aliphatic carbocycles. The van der Waals surface area contributed by atoms with Crippen LogP contribution in [-0.4, -0.2) is 35.4 Å². The zero-order valence-corrected chi connectivity index (χ0v) is 22.6. The van der Waals surface area contributed by atoms with Gasteiger partial charge in [-0.3, -0.25) is 4.79 Å². The molecule has 0 heterocycles. The molecule has 0 aliphatic heterocycles. The number of hydrogen-bond donors (Lipinski definition) is 3. The van der Waals surface area contributed by atoms with E-state index in [9.17, 15) is 15.0 Å². The normalized spacial score (nSPS) is 17.5. The van der Waals surface area contributed by atoms with E-state index in [1.54, 1.807) is 7.11 Å². The van der Waals surface area contributed by atoms with Gasteiger partial charge in [-0.2, -0.15) is 0 Å². The van der Waals surface area contributed by atoms with Gasteiger partial charge < -0.3 is 25.0 Å².